The summed E-state index contributed by atoms with van der Waals surface area (Å²) in [5, 5.41) is 7.66. The lowest BCUT2D eigenvalue weighted by molar-refractivity contribution is 0.521. The van der Waals surface area contributed by atoms with Crippen molar-refractivity contribution in [3.8, 4) is 11.3 Å². The summed E-state index contributed by atoms with van der Waals surface area (Å²) >= 11 is 13.4. The Morgan fingerprint density at radius 2 is 1.86 bits per heavy atom. The van der Waals surface area contributed by atoms with Gasteiger partial charge in [0, 0.05) is 35.6 Å². The fourth-order valence-corrected chi connectivity index (χ4v) is 4.26. The van der Waals surface area contributed by atoms with Crippen molar-refractivity contribution in [3.05, 3.63) is 63.5 Å². The summed E-state index contributed by atoms with van der Waals surface area (Å²) in [7, 11) is -0.452. The molecule has 146 valence electrons. The van der Waals surface area contributed by atoms with E-state index in [2.05, 4.69) is 15.5 Å². The molecule has 1 heterocycles. The fraction of sp³-hybridized carbons (Fsp3) is 0.111. The van der Waals surface area contributed by atoms with Gasteiger partial charge in [0.05, 0.1) is 21.8 Å². The van der Waals surface area contributed by atoms with Crippen LogP contribution in [0.15, 0.2) is 57.8 Å². The molecular weight excluding hydrogens is 439 g/mol. The predicted molar refractivity (Wildman–Crippen MR) is 116 cm³/mol. The molecule has 0 aliphatic heterocycles. The maximum absolute atomic E-state index is 12.1. The normalized spacial score (nSPS) is 12.0. The van der Waals surface area contributed by atoms with E-state index in [4.69, 9.17) is 23.2 Å². The van der Waals surface area contributed by atoms with Crippen LogP contribution in [0.1, 0.15) is 5.56 Å². The van der Waals surface area contributed by atoms with Gasteiger partial charge in [0.15, 0.2) is 0 Å². The lowest BCUT2D eigenvalue weighted by atomic mass is 10.2. The standard InChI is InChI=1S/C18H16Cl2N4O2S2/c1-24(2)28(25,26)15-7-4-12(5-8-15)17-11-27-18(22-17)23-21-10-13-3-6-14(19)9-16(13)20/h3-11H,1-2H3,(H,22,23)/b21-10-. The molecule has 2 aromatic carbocycles. The van der Waals surface area contributed by atoms with Gasteiger partial charge >= 0.3 is 0 Å². The number of sulfonamides is 1. The van der Waals surface area contributed by atoms with Crippen molar-refractivity contribution in [3.63, 3.8) is 0 Å². The first kappa shape index (κ1) is 20.8. The molecule has 0 unspecified atom stereocenters. The molecule has 0 aliphatic carbocycles. The molecule has 0 bridgehead atoms. The highest BCUT2D eigenvalue weighted by Gasteiger charge is 2.17. The molecule has 0 spiro atoms. The van der Waals surface area contributed by atoms with E-state index >= 15 is 0 Å². The molecule has 0 amide bonds. The lowest BCUT2D eigenvalue weighted by Crippen LogP contribution is -2.22. The fourth-order valence-electron chi connectivity index (χ4n) is 2.23. The van der Waals surface area contributed by atoms with Crippen molar-refractivity contribution in [1.82, 2.24) is 9.29 Å². The maximum Gasteiger partial charge on any atom is 0.242 e. The van der Waals surface area contributed by atoms with Gasteiger partial charge in [0.25, 0.3) is 0 Å². The van der Waals surface area contributed by atoms with Crippen LogP contribution in [0, 0.1) is 0 Å². The second-order valence-electron chi connectivity index (χ2n) is 5.89. The van der Waals surface area contributed by atoms with Gasteiger partial charge in [-0.05, 0) is 24.3 Å². The minimum Gasteiger partial charge on any atom is -0.253 e. The molecule has 6 nitrogen and oxygen atoms in total. The first-order valence-corrected chi connectivity index (χ1v) is 11.1. The summed E-state index contributed by atoms with van der Waals surface area (Å²) in [5.74, 6) is 0. The van der Waals surface area contributed by atoms with Crippen molar-refractivity contribution >= 4 is 55.9 Å². The summed E-state index contributed by atoms with van der Waals surface area (Å²) < 4.78 is 25.4. The molecule has 3 aromatic rings. The first-order valence-electron chi connectivity index (χ1n) is 8.00. The highest BCUT2D eigenvalue weighted by molar-refractivity contribution is 7.89. The Kier molecular flexibility index (Phi) is 6.36. The summed E-state index contributed by atoms with van der Waals surface area (Å²) in [4.78, 5) is 4.69. The Hall–Kier alpha value is -1.97. The van der Waals surface area contributed by atoms with Crippen LogP contribution >= 0.6 is 34.5 Å². The summed E-state index contributed by atoms with van der Waals surface area (Å²) in [6, 6.07) is 11.7. The van der Waals surface area contributed by atoms with E-state index in [0.29, 0.717) is 15.2 Å². The molecule has 0 saturated carbocycles. The summed E-state index contributed by atoms with van der Waals surface area (Å²) in [5.41, 5.74) is 5.12. The molecule has 0 saturated heterocycles. The summed E-state index contributed by atoms with van der Waals surface area (Å²) in [6.45, 7) is 0. The van der Waals surface area contributed by atoms with E-state index in [-0.39, 0.29) is 4.90 Å². The largest absolute Gasteiger partial charge is 0.253 e. The Bertz CT molecular complexity index is 1110. The third kappa shape index (κ3) is 4.71. The molecule has 10 heteroatoms. The minimum absolute atomic E-state index is 0.235. The third-order valence-corrected chi connectivity index (χ3v) is 6.90. The zero-order valence-electron chi connectivity index (χ0n) is 14.9. The molecule has 0 atom stereocenters. The lowest BCUT2D eigenvalue weighted by Gasteiger charge is -2.11. The van der Waals surface area contributed by atoms with Crippen LogP contribution in [0.4, 0.5) is 5.13 Å². The smallest absolute Gasteiger partial charge is 0.242 e. The Morgan fingerprint density at radius 1 is 1.14 bits per heavy atom. The molecular formula is C18H16Cl2N4O2S2. The predicted octanol–water partition coefficient (Wildman–Crippen LogP) is 4.81. The Labute approximate surface area is 177 Å². The van der Waals surface area contributed by atoms with Crippen molar-refractivity contribution in [2.24, 2.45) is 5.10 Å². The van der Waals surface area contributed by atoms with Gasteiger partial charge in [-0.2, -0.15) is 5.10 Å². The third-order valence-electron chi connectivity index (χ3n) is 3.76. The number of rotatable bonds is 6. The van der Waals surface area contributed by atoms with E-state index in [9.17, 15) is 8.42 Å². The second-order valence-corrected chi connectivity index (χ2v) is 9.74. The quantitative estimate of drug-likeness (QED) is 0.428. The van der Waals surface area contributed by atoms with Crippen LogP contribution in [0.2, 0.25) is 10.0 Å². The van der Waals surface area contributed by atoms with Crippen LogP contribution < -0.4 is 5.43 Å². The van der Waals surface area contributed by atoms with Crippen molar-refractivity contribution in [2.45, 2.75) is 4.90 Å². The van der Waals surface area contributed by atoms with Crippen LogP contribution in [0.3, 0.4) is 0 Å². The van der Waals surface area contributed by atoms with Crippen LogP contribution in [0.25, 0.3) is 11.3 Å². The maximum atomic E-state index is 12.1. The number of hydrogen-bond donors (Lipinski definition) is 1. The van der Waals surface area contributed by atoms with E-state index in [1.165, 1.54) is 29.7 Å². The number of halogens is 2. The SMILES string of the molecule is CN(C)S(=O)(=O)c1ccc(-c2csc(N/N=C\c3ccc(Cl)cc3Cl)n2)cc1. The molecule has 0 aliphatic rings. The second kappa shape index (κ2) is 8.59. The van der Waals surface area contributed by atoms with E-state index < -0.39 is 10.0 Å². The van der Waals surface area contributed by atoms with Crippen molar-refractivity contribution < 1.29 is 8.42 Å². The number of nitrogens with one attached hydrogen (secondary N) is 1. The number of nitrogens with zero attached hydrogens (tertiary/aromatic N) is 3. The van der Waals surface area contributed by atoms with Gasteiger partial charge in [0.2, 0.25) is 15.2 Å². The number of thiazole rings is 1. The zero-order valence-corrected chi connectivity index (χ0v) is 18.1. The average Bonchev–Trinajstić information content (AvgIpc) is 3.12. The van der Waals surface area contributed by atoms with Gasteiger partial charge in [-0.25, -0.2) is 17.7 Å². The Morgan fingerprint density at radius 3 is 2.50 bits per heavy atom. The van der Waals surface area contributed by atoms with Gasteiger partial charge < -0.3 is 0 Å². The average molecular weight is 455 g/mol. The minimum atomic E-state index is -3.45. The van der Waals surface area contributed by atoms with Gasteiger partial charge in [-0.1, -0.05) is 41.4 Å². The zero-order chi connectivity index (χ0) is 20.3. The molecule has 0 fully saturated rings. The highest BCUT2D eigenvalue weighted by Crippen LogP contribution is 2.26. The van der Waals surface area contributed by atoms with E-state index in [1.807, 2.05) is 5.38 Å². The van der Waals surface area contributed by atoms with Crippen molar-refractivity contribution in [1.29, 1.82) is 0 Å². The van der Waals surface area contributed by atoms with Crippen LogP contribution in [0.5, 0.6) is 0 Å². The molecule has 0 radical (unpaired) electrons. The van der Waals surface area contributed by atoms with E-state index in [1.54, 1.807) is 48.7 Å². The van der Waals surface area contributed by atoms with Crippen LogP contribution in [-0.4, -0.2) is 38.0 Å². The number of hydrazone groups is 1. The molecule has 28 heavy (non-hydrogen) atoms. The summed E-state index contributed by atoms with van der Waals surface area (Å²) in [6.07, 6.45) is 1.58. The van der Waals surface area contributed by atoms with Gasteiger partial charge in [-0.3, -0.25) is 5.43 Å². The van der Waals surface area contributed by atoms with E-state index in [0.717, 1.165) is 16.8 Å². The number of hydrogen-bond acceptors (Lipinski definition) is 6. The number of anilines is 1. The van der Waals surface area contributed by atoms with Crippen LogP contribution in [-0.2, 0) is 10.0 Å². The molecule has 3 rings (SSSR count). The monoisotopic (exact) mass is 454 g/mol. The Balaban J connectivity index is 1.71. The topological polar surface area (TPSA) is 74.7 Å². The van der Waals surface area contributed by atoms with Crippen molar-refractivity contribution in [2.75, 3.05) is 19.5 Å². The number of aromatic nitrogens is 1. The highest BCUT2D eigenvalue weighted by atomic mass is 35.5. The van der Waals surface area contributed by atoms with Gasteiger partial charge in [0.1, 0.15) is 0 Å². The van der Waals surface area contributed by atoms with Gasteiger partial charge in [-0.15, -0.1) is 11.3 Å². The molecule has 1 aromatic heterocycles. The number of benzene rings is 2. The molecule has 1 N–H and O–H groups in total. The first-order chi connectivity index (χ1) is 13.3.